The van der Waals surface area contributed by atoms with E-state index in [1.807, 2.05) is 6.07 Å². The van der Waals surface area contributed by atoms with Crippen LogP contribution in [0.15, 0.2) is 18.2 Å². The molecule has 0 bridgehead atoms. The van der Waals surface area contributed by atoms with Crippen molar-refractivity contribution in [3.05, 3.63) is 29.3 Å². The van der Waals surface area contributed by atoms with E-state index in [2.05, 4.69) is 4.74 Å². The monoisotopic (exact) mass is 209 g/mol. The lowest BCUT2D eigenvalue weighted by Gasteiger charge is -2.25. The van der Waals surface area contributed by atoms with Crippen molar-refractivity contribution in [1.82, 2.24) is 0 Å². The van der Waals surface area contributed by atoms with Crippen molar-refractivity contribution in [3.63, 3.8) is 0 Å². The minimum absolute atomic E-state index is 0.230. The van der Waals surface area contributed by atoms with Crippen molar-refractivity contribution in [1.29, 1.82) is 5.26 Å². The first-order valence-electron chi connectivity index (χ1n) is 4.66. The molecule has 0 aliphatic carbocycles. The molecule has 2 nitrogen and oxygen atoms in total. The molecule has 1 aliphatic rings. The number of nitrogens with zero attached hydrogens (tertiary/aromatic N) is 1. The molecule has 4 heteroatoms. The van der Waals surface area contributed by atoms with E-state index in [-0.39, 0.29) is 12.2 Å². The van der Waals surface area contributed by atoms with Gasteiger partial charge in [-0.2, -0.15) is 14.0 Å². The van der Waals surface area contributed by atoms with Crippen LogP contribution < -0.4 is 4.74 Å². The van der Waals surface area contributed by atoms with E-state index in [9.17, 15) is 8.78 Å². The fourth-order valence-electron chi connectivity index (χ4n) is 1.62. The molecule has 0 aromatic heterocycles. The van der Waals surface area contributed by atoms with E-state index in [0.29, 0.717) is 12.8 Å². The van der Waals surface area contributed by atoms with Crippen molar-refractivity contribution >= 4 is 0 Å². The highest BCUT2D eigenvalue weighted by Gasteiger charge is 2.35. The molecule has 0 radical (unpaired) electrons. The Balaban J connectivity index is 2.29. The third-order valence-corrected chi connectivity index (χ3v) is 2.35. The lowest BCUT2D eigenvalue weighted by molar-refractivity contribution is -0.187. The molecule has 1 heterocycles. The van der Waals surface area contributed by atoms with Gasteiger partial charge in [0.25, 0.3) is 0 Å². The molecule has 0 amide bonds. The number of halogens is 2. The quantitative estimate of drug-likeness (QED) is 0.712. The van der Waals surface area contributed by atoms with Crippen LogP contribution in [0.5, 0.6) is 5.75 Å². The number of benzene rings is 1. The maximum atomic E-state index is 12.9. The molecule has 0 saturated carbocycles. The highest BCUT2D eigenvalue weighted by molar-refractivity contribution is 5.39. The topological polar surface area (TPSA) is 33.0 Å². The molecule has 1 aromatic carbocycles. The fraction of sp³-hybridized carbons (Fsp3) is 0.364. The lowest BCUT2D eigenvalue weighted by Crippen LogP contribution is -2.29. The SMILES string of the molecule is N#CCc1ccc2c(c1)CCC(F)(F)O2. The summed E-state index contributed by atoms with van der Waals surface area (Å²) in [5, 5.41) is 8.51. The zero-order valence-electron chi connectivity index (χ0n) is 7.96. The Morgan fingerprint density at radius 2 is 2.27 bits per heavy atom. The lowest BCUT2D eigenvalue weighted by atomic mass is 10.0. The second-order valence-electron chi connectivity index (χ2n) is 3.52. The Bertz CT molecular complexity index is 423. The van der Waals surface area contributed by atoms with Gasteiger partial charge < -0.3 is 4.74 Å². The minimum Gasteiger partial charge on any atom is -0.432 e. The van der Waals surface area contributed by atoms with Gasteiger partial charge in [-0.1, -0.05) is 12.1 Å². The summed E-state index contributed by atoms with van der Waals surface area (Å²) in [6.45, 7) is 0. The number of nitriles is 1. The number of hydrogen-bond donors (Lipinski definition) is 0. The molecule has 1 aromatic rings. The third-order valence-electron chi connectivity index (χ3n) is 2.35. The zero-order valence-corrected chi connectivity index (χ0v) is 7.96. The maximum Gasteiger partial charge on any atom is 0.398 e. The molecule has 0 atom stereocenters. The molecule has 0 unspecified atom stereocenters. The Morgan fingerprint density at radius 3 is 3.00 bits per heavy atom. The van der Waals surface area contributed by atoms with E-state index >= 15 is 0 Å². The summed E-state index contributed by atoms with van der Waals surface area (Å²) in [6, 6.07) is 6.93. The van der Waals surface area contributed by atoms with Crippen LogP contribution in [-0.2, 0) is 12.8 Å². The molecule has 78 valence electrons. The minimum atomic E-state index is -3.05. The number of rotatable bonds is 1. The first-order valence-corrected chi connectivity index (χ1v) is 4.66. The Labute approximate surface area is 86.1 Å². The van der Waals surface area contributed by atoms with Gasteiger partial charge in [0.15, 0.2) is 0 Å². The normalized spacial score (nSPS) is 17.4. The first kappa shape index (κ1) is 9.91. The van der Waals surface area contributed by atoms with Gasteiger partial charge in [0.1, 0.15) is 5.75 Å². The van der Waals surface area contributed by atoms with E-state index in [1.54, 1.807) is 12.1 Å². The molecule has 15 heavy (non-hydrogen) atoms. The van der Waals surface area contributed by atoms with Gasteiger partial charge >= 0.3 is 6.11 Å². The average molecular weight is 209 g/mol. The molecule has 0 spiro atoms. The first-order chi connectivity index (χ1) is 7.11. The molecule has 1 aliphatic heterocycles. The predicted molar refractivity (Wildman–Crippen MR) is 49.7 cm³/mol. The zero-order chi connectivity index (χ0) is 10.9. The third kappa shape index (κ3) is 2.07. The van der Waals surface area contributed by atoms with Crippen molar-refractivity contribution in [2.24, 2.45) is 0 Å². The van der Waals surface area contributed by atoms with Gasteiger partial charge in [-0.3, -0.25) is 0 Å². The van der Waals surface area contributed by atoms with Crippen molar-refractivity contribution in [2.45, 2.75) is 25.4 Å². The summed E-state index contributed by atoms with van der Waals surface area (Å²) in [4.78, 5) is 0. The van der Waals surface area contributed by atoms with Crippen LogP contribution in [0, 0.1) is 11.3 Å². The Kier molecular flexibility index (Phi) is 2.31. The van der Waals surface area contributed by atoms with E-state index in [4.69, 9.17) is 5.26 Å². The number of fused-ring (bicyclic) bond motifs is 1. The van der Waals surface area contributed by atoms with Crippen LogP contribution in [0.25, 0.3) is 0 Å². The van der Waals surface area contributed by atoms with E-state index in [1.165, 1.54) is 6.07 Å². The highest BCUT2D eigenvalue weighted by atomic mass is 19.3. The number of ether oxygens (including phenoxy) is 1. The molecule has 0 N–H and O–H groups in total. The Hall–Kier alpha value is -1.63. The summed E-state index contributed by atoms with van der Waals surface area (Å²) < 4.78 is 30.3. The van der Waals surface area contributed by atoms with E-state index < -0.39 is 6.11 Å². The van der Waals surface area contributed by atoms with Gasteiger partial charge in [0.2, 0.25) is 0 Å². The molecule has 2 rings (SSSR count). The summed E-state index contributed by atoms with van der Waals surface area (Å²) in [7, 11) is 0. The second kappa shape index (κ2) is 3.50. The summed E-state index contributed by atoms with van der Waals surface area (Å²) >= 11 is 0. The van der Waals surface area contributed by atoms with Crippen molar-refractivity contribution < 1.29 is 13.5 Å². The van der Waals surface area contributed by atoms with Gasteiger partial charge in [-0.05, 0) is 23.6 Å². The smallest absolute Gasteiger partial charge is 0.398 e. The summed E-state index contributed by atoms with van der Waals surface area (Å²) in [5.41, 5.74) is 1.60. The van der Waals surface area contributed by atoms with Crippen LogP contribution >= 0.6 is 0 Å². The number of alkyl halides is 2. The van der Waals surface area contributed by atoms with Gasteiger partial charge in [-0.15, -0.1) is 0 Å². The van der Waals surface area contributed by atoms with Gasteiger partial charge in [-0.25, -0.2) is 0 Å². The second-order valence-corrected chi connectivity index (χ2v) is 3.52. The molecule has 0 fully saturated rings. The average Bonchev–Trinajstić information content (AvgIpc) is 2.18. The summed E-state index contributed by atoms with van der Waals surface area (Å²) in [5.74, 6) is 0.230. The fourth-order valence-corrected chi connectivity index (χ4v) is 1.62. The van der Waals surface area contributed by atoms with Crippen molar-refractivity contribution in [2.75, 3.05) is 0 Å². The van der Waals surface area contributed by atoms with Crippen molar-refractivity contribution in [3.8, 4) is 11.8 Å². The van der Waals surface area contributed by atoms with Gasteiger partial charge in [0.05, 0.1) is 18.9 Å². The van der Waals surface area contributed by atoms with Crippen LogP contribution in [0.2, 0.25) is 0 Å². The molecular weight excluding hydrogens is 200 g/mol. The van der Waals surface area contributed by atoms with Crippen LogP contribution in [0.1, 0.15) is 17.5 Å². The largest absolute Gasteiger partial charge is 0.432 e. The highest BCUT2D eigenvalue weighted by Crippen LogP contribution is 2.35. The number of hydrogen-bond acceptors (Lipinski definition) is 2. The van der Waals surface area contributed by atoms with Crippen LogP contribution in [0.4, 0.5) is 8.78 Å². The number of aryl methyl sites for hydroxylation is 1. The predicted octanol–water partition coefficient (Wildman–Crippen LogP) is 2.67. The summed E-state index contributed by atoms with van der Waals surface area (Å²) in [6.07, 6.45) is -2.76. The van der Waals surface area contributed by atoms with Crippen LogP contribution in [0.3, 0.4) is 0 Å². The van der Waals surface area contributed by atoms with Gasteiger partial charge in [0, 0.05) is 0 Å². The molecular formula is C11H9F2NO. The van der Waals surface area contributed by atoms with Crippen LogP contribution in [-0.4, -0.2) is 6.11 Å². The standard InChI is InChI=1S/C11H9F2NO/c12-11(13)5-3-9-7-8(4-6-14)1-2-10(9)15-11/h1-2,7H,3-5H2. The van der Waals surface area contributed by atoms with E-state index in [0.717, 1.165) is 11.1 Å². The Morgan fingerprint density at radius 1 is 1.47 bits per heavy atom. The maximum absolute atomic E-state index is 12.9. The molecule has 0 saturated heterocycles.